The van der Waals surface area contributed by atoms with Crippen LogP contribution in [0.1, 0.15) is 11.1 Å². The lowest BCUT2D eigenvalue weighted by atomic mass is 10.1. The van der Waals surface area contributed by atoms with Crippen LogP contribution in [0.4, 0.5) is 4.39 Å². The number of benzene rings is 1. The zero-order chi connectivity index (χ0) is 9.84. The molecule has 1 nitrogen and oxygen atoms in total. The number of allylic oxidation sites excluding steroid dienone is 1. The van der Waals surface area contributed by atoms with E-state index in [0.717, 1.165) is 4.48 Å². The molecule has 0 amide bonds. The van der Waals surface area contributed by atoms with Gasteiger partial charge in [-0.2, -0.15) is 5.26 Å². The zero-order valence-electron chi connectivity index (χ0n) is 6.85. The SMILES string of the molecule is C=C(Br)Cc1cc(F)ccc1C#N. The van der Waals surface area contributed by atoms with E-state index in [1.54, 1.807) is 0 Å². The molecule has 0 bridgehead atoms. The molecule has 1 rings (SSSR count). The molecule has 3 heteroatoms. The second kappa shape index (κ2) is 4.20. The van der Waals surface area contributed by atoms with Crippen LogP contribution in [-0.2, 0) is 6.42 Å². The van der Waals surface area contributed by atoms with Gasteiger partial charge in [0.25, 0.3) is 0 Å². The first-order valence-corrected chi connectivity index (χ1v) is 4.44. The fourth-order valence-corrected chi connectivity index (χ4v) is 1.33. The van der Waals surface area contributed by atoms with Gasteiger partial charge in [-0.3, -0.25) is 0 Å². The Morgan fingerprint density at radius 1 is 1.62 bits per heavy atom. The average molecular weight is 240 g/mol. The molecule has 0 spiro atoms. The molecule has 1 aromatic rings. The summed E-state index contributed by atoms with van der Waals surface area (Å²) in [7, 11) is 0. The van der Waals surface area contributed by atoms with Gasteiger partial charge in [0.1, 0.15) is 5.82 Å². The van der Waals surface area contributed by atoms with E-state index in [2.05, 4.69) is 22.5 Å². The maximum atomic E-state index is 12.8. The Labute approximate surface area is 84.6 Å². The van der Waals surface area contributed by atoms with Crippen molar-refractivity contribution in [2.75, 3.05) is 0 Å². The first-order chi connectivity index (χ1) is 6.13. The number of rotatable bonds is 2. The van der Waals surface area contributed by atoms with Gasteiger partial charge < -0.3 is 0 Å². The highest BCUT2D eigenvalue weighted by molar-refractivity contribution is 9.11. The van der Waals surface area contributed by atoms with Gasteiger partial charge >= 0.3 is 0 Å². The number of nitriles is 1. The third kappa shape index (κ3) is 2.67. The smallest absolute Gasteiger partial charge is 0.123 e. The second-order valence-electron chi connectivity index (χ2n) is 2.61. The van der Waals surface area contributed by atoms with E-state index in [1.165, 1.54) is 18.2 Å². The molecule has 0 fully saturated rings. The average Bonchev–Trinajstić information content (AvgIpc) is 2.03. The van der Waals surface area contributed by atoms with E-state index in [0.29, 0.717) is 17.5 Å². The first-order valence-electron chi connectivity index (χ1n) is 3.65. The van der Waals surface area contributed by atoms with Gasteiger partial charge in [0.2, 0.25) is 0 Å². The van der Waals surface area contributed by atoms with E-state index in [-0.39, 0.29) is 5.82 Å². The first kappa shape index (κ1) is 9.94. The molecule has 0 saturated carbocycles. The largest absolute Gasteiger partial charge is 0.207 e. The summed E-state index contributed by atoms with van der Waals surface area (Å²) in [6, 6.07) is 6.10. The molecule has 0 heterocycles. The Hall–Kier alpha value is -1.14. The lowest BCUT2D eigenvalue weighted by Gasteiger charge is -2.01. The van der Waals surface area contributed by atoms with E-state index in [9.17, 15) is 4.39 Å². The van der Waals surface area contributed by atoms with Crippen molar-refractivity contribution in [2.24, 2.45) is 0 Å². The third-order valence-electron chi connectivity index (χ3n) is 1.57. The fraction of sp³-hybridized carbons (Fsp3) is 0.100. The van der Waals surface area contributed by atoms with Crippen LogP contribution >= 0.6 is 15.9 Å². The van der Waals surface area contributed by atoms with Crippen LogP contribution < -0.4 is 0 Å². The lowest BCUT2D eigenvalue weighted by Crippen LogP contribution is -1.91. The predicted octanol–water partition coefficient (Wildman–Crippen LogP) is 3.15. The molecular formula is C10H7BrFN. The standard InChI is InChI=1S/C10H7BrFN/c1-7(11)4-9-5-10(12)3-2-8(9)6-13/h2-3,5H,1,4H2. The highest BCUT2D eigenvalue weighted by atomic mass is 79.9. The molecule has 0 unspecified atom stereocenters. The Kier molecular flexibility index (Phi) is 3.21. The Morgan fingerprint density at radius 3 is 2.85 bits per heavy atom. The van der Waals surface area contributed by atoms with Gasteiger partial charge in [0.15, 0.2) is 0 Å². The van der Waals surface area contributed by atoms with Gasteiger partial charge in [0.05, 0.1) is 11.6 Å². The molecule has 0 aromatic heterocycles. The summed E-state index contributed by atoms with van der Waals surface area (Å²) in [5, 5.41) is 8.70. The molecule has 0 aliphatic heterocycles. The topological polar surface area (TPSA) is 23.8 Å². The summed E-state index contributed by atoms with van der Waals surface area (Å²) in [6.07, 6.45) is 0.473. The predicted molar refractivity (Wildman–Crippen MR) is 52.9 cm³/mol. The van der Waals surface area contributed by atoms with Gasteiger partial charge in [-0.1, -0.05) is 22.5 Å². The van der Waals surface area contributed by atoms with Crippen molar-refractivity contribution in [3.8, 4) is 6.07 Å². The summed E-state index contributed by atoms with van der Waals surface area (Å²) >= 11 is 3.17. The molecule has 0 aliphatic rings. The number of hydrogen-bond acceptors (Lipinski definition) is 1. The highest BCUT2D eigenvalue weighted by Gasteiger charge is 2.03. The van der Waals surface area contributed by atoms with Crippen molar-refractivity contribution in [1.29, 1.82) is 5.26 Å². The molecule has 0 saturated heterocycles. The number of nitrogens with zero attached hydrogens (tertiary/aromatic N) is 1. The molecular weight excluding hydrogens is 233 g/mol. The summed E-state index contributed by atoms with van der Waals surface area (Å²) in [5.41, 5.74) is 1.14. The molecule has 0 atom stereocenters. The Balaban J connectivity index is 3.10. The number of halogens is 2. The summed E-state index contributed by atoms with van der Waals surface area (Å²) in [4.78, 5) is 0. The van der Waals surface area contributed by atoms with Crippen LogP contribution in [0.15, 0.2) is 29.3 Å². The number of hydrogen-bond donors (Lipinski definition) is 0. The quantitative estimate of drug-likeness (QED) is 0.778. The van der Waals surface area contributed by atoms with Crippen LogP contribution in [0.25, 0.3) is 0 Å². The Bertz CT molecular complexity index is 379. The van der Waals surface area contributed by atoms with Crippen molar-refractivity contribution in [1.82, 2.24) is 0 Å². The summed E-state index contributed by atoms with van der Waals surface area (Å²) in [5.74, 6) is -0.331. The second-order valence-corrected chi connectivity index (χ2v) is 3.73. The minimum Gasteiger partial charge on any atom is -0.207 e. The normalized spacial score (nSPS) is 9.31. The third-order valence-corrected chi connectivity index (χ3v) is 1.85. The maximum Gasteiger partial charge on any atom is 0.123 e. The van der Waals surface area contributed by atoms with Crippen molar-refractivity contribution in [2.45, 2.75) is 6.42 Å². The molecule has 13 heavy (non-hydrogen) atoms. The maximum absolute atomic E-state index is 12.8. The highest BCUT2D eigenvalue weighted by Crippen LogP contribution is 2.16. The fourth-order valence-electron chi connectivity index (χ4n) is 1.02. The van der Waals surface area contributed by atoms with Crippen molar-refractivity contribution in [3.63, 3.8) is 0 Å². The lowest BCUT2D eigenvalue weighted by molar-refractivity contribution is 0.626. The van der Waals surface area contributed by atoms with Gasteiger partial charge in [-0.05, 0) is 28.2 Å². The van der Waals surface area contributed by atoms with Crippen molar-refractivity contribution < 1.29 is 4.39 Å². The van der Waals surface area contributed by atoms with Gasteiger partial charge in [0, 0.05) is 6.42 Å². The van der Waals surface area contributed by atoms with Crippen LogP contribution in [0, 0.1) is 17.1 Å². The van der Waals surface area contributed by atoms with Gasteiger partial charge in [-0.25, -0.2) is 4.39 Å². The van der Waals surface area contributed by atoms with E-state index < -0.39 is 0 Å². The van der Waals surface area contributed by atoms with Crippen LogP contribution in [0.3, 0.4) is 0 Å². The molecule has 66 valence electrons. The van der Waals surface area contributed by atoms with Crippen LogP contribution in [-0.4, -0.2) is 0 Å². The van der Waals surface area contributed by atoms with E-state index >= 15 is 0 Å². The van der Waals surface area contributed by atoms with E-state index in [1.807, 2.05) is 6.07 Å². The molecule has 0 radical (unpaired) electrons. The minimum atomic E-state index is -0.331. The van der Waals surface area contributed by atoms with Crippen LogP contribution in [0.2, 0.25) is 0 Å². The summed E-state index contributed by atoms with van der Waals surface area (Å²) in [6.45, 7) is 3.64. The Morgan fingerprint density at radius 2 is 2.31 bits per heavy atom. The van der Waals surface area contributed by atoms with E-state index in [4.69, 9.17) is 5.26 Å². The van der Waals surface area contributed by atoms with Crippen LogP contribution in [0.5, 0.6) is 0 Å². The summed E-state index contributed by atoms with van der Waals surface area (Å²) < 4.78 is 13.5. The van der Waals surface area contributed by atoms with Crippen molar-refractivity contribution in [3.05, 3.63) is 46.2 Å². The van der Waals surface area contributed by atoms with Crippen molar-refractivity contribution >= 4 is 15.9 Å². The zero-order valence-corrected chi connectivity index (χ0v) is 8.44. The van der Waals surface area contributed by atoms with Gasteiger partial charge in [-0.15, -0.1) is 0 Å². The minimum absolute atomic E-state index is 0.331. The monoisotopic (exact) mass is 239 g/mol. The molecule has 0 N–H and O–H groups in total. The molecule has 0 aliphatic carbocycles. The molecule has 1 aromatic carbocycles.